The predicted molar refractivity (Wildman–Crippen MR) is 259 cm³/mol. The molecule has 1 saturated heterocycles. The van der Waals surface area contributed by atoms with Gasteiger partial charge in [0, 0.05) is 49.9 Å². The molecule has 2 aromatic heterocycles. The first-order valence-electron chi connectivity index (χ1n) is 23.2. The average molecular weight is 992 g/mol. The van der Waals surface area contributed by atoms with Crippen molar-refractivity contribution in [2.24, 2.45) is 5.92 Å². The quantitative estimate of drug-likeness (QED) is 0.0762. The summed E-state index contributed by atoms with van der Waals surface area (Å²) in [5.41, 5.74) is -2.99. The summed E-state index contributed by atoms with van der Waals surface area (Å²) in [6, 6.07) is 15.7. The molecule has 0 radical (unpaired) electrons. The normalized spacial score (nSPS) is 15.9. The number of amides is 2. The van der Waals surface area contributed by atoms with E-state index < -0.39 is 68.1 Å². The second-order valence-electron chi connectivity index (χ2n) is 19.0. The van der Waals surface area contributed by atoms with Crippen molar-refractivity contribution in [3.05, 3.63) is 134 Å². The van der Waals surface area contributed by atoms with Gasteiger partial charge in [-0.25, -0.2) is 22.0 Å². The van der Waals surface area contributed by atoms with Gasteiger partial charge in [0.2, 0.25) is 15.5 Å². The minimum absolute atomic E-state index is 0.0160. The summed E-state index contributed by atoms with van der Waals surface area (Å²) in [4.78, 5) is 56.5. The number of sulfonamides is 1. The van der Waals surface area contributed by atoms with Crippen LogP contribution in [0.3, 0.4) is 0 Å². The molecule has 1 N–H and O–H groups in total. The van der Waals surface area contributed by atoms with Gasteiger partial charge in [-0.05, 0) is 101 Å². The fourth-order valence-electron chi connectivity index (χ4n) is 8.14. The summed E-state index contributed by atoms with van der Waals surface area (Å²) in [6.45, 7) is 14.7. The Balaban J connectivity index is 1.20. The van der Waals surface area contributed by atoms with E-state index in [0.29, 0.717) is 24.0 Å². The van der Waals surface area contributed by atoms with E-state index in [1.54, 1.807) is 63.8 Å². The third kappa shape index (κ3) is 12.7. The average Bonchev–Trinajstić information content (AvgIpc) is 3.54. The van der Waals surface area contributed by atoms with Gasteiger partial charge in [-0.2, -0.15) is 4.31 Å². The van der Waals surface area contributed by atoms with Gasteiger partial charge in [-0.3, -0.25) is 19.3 Å². The first-order chi connectivity index (χ1) is 33.0. The largest absolute Gasteiger partial charge is 0.497 e. The van der Waals surface area contributed by atoms with Crippen molar-refractivity contribution < 1.29 is 50.5 Å². The highest BCUT2D eigenvalue weighted by Gasteiger charge is 2.52. The van der Waals surface area contributed by atoms with Crippen LogP contribution in [0.25, 0.3) is 5.52 Å². The molecule has 0 unspecified atom stereocenters. The van der Waals surface area contributed by atoms with Gasteiger partial charge in [-0.15, -0.1) is 0 Å². The number of rotatable bonds is 20. The molecule has 1 fully saturated rings. The van der Waals surface area contributed by atoms with Crippen molar-refractivity contribution in [2.45, 2.75) is 116 Å². The van der Waals surface area contributed by atoms with Crippen molar-refractivity contribution in [2.75, 3.05) is 33.4 Å². The minimum atomic E-state index is -4.01. The maximum atomic E-state index is 14.3. The van der Waals surface area contributed by atoms with E-state index in [4.69, 9.17) is 23.7 Å². The number of halogens is 2. The number of hydrogen-bond acceptors (Lipinski definition) is 11. The lowest BCUT2D eigenvalue weighted by Gasteiger charge is -2.35. The number of unbranched alkanes of at least 4 members (excludes halogenated alkanes) is 1. The van der Waals surface area contributed by atoms with Crippen LogP contribution in [0.1, 0.15) is 89.7 Å². The van der Waals surface area contributed by atoms with Crippen LogP contribution >= 0.6 is 0 Å². The van der Waals surface area contributed by atoms with Crippen LogP contribution in [0.4, 0.5) is 13.6 Å². The van der Waals surface area contributed by atoms with Crippen molar-refractivity contribution in [1.29, 1.82) is 0 Å². The molecule has 5 aromatic rings. The summed E-state index contributed by atoms with van der Waals surface area (Å²) in [5.74, 6) is -1.81. The zero-order chi connectivity index (χ0) is 51.1. The van der Waals surface area contributed by atoms with E-state index in [1.165, 1.54) is 57.2 Å². The van der Waals surface area contributed by atoms with Crippen molar-refractivity contribution >= 4 is 27.5 Å². The molecule has 19 heteroatoms. The molecule has 2 amide bonds. The Morgan fingerprint density at radius 1 is 0.943 bits per heavy atom. The van der Waals surface area contributed by atoms with Crippen LogP contribution in [0, 0.1) is 17.6 Å². The lowest BCUT2D eigenvalue weighted by Crippen LogP contribution is -2.52. The van der Waals surface area contributed by atoms with E-state index in [-0.39, 0.29) is 79.0 Å². The maximum Gasteiger partial charge on any atom is 0.412 e. The smallest absolute Gasteiger partial charge is 0.412 e. The summed E-state index contributed by atoms with van der Waals surface area (Å²) < 4.78 is 89.8. The van der Waals surface area contributed by atoms with E-state index in [1.807, 2.05) is 32.9 Å². The van der Waals surface area contributed by atoms with Gasteiger partial charge in [0.1, 0.15) is 46.6 Å². The van der Waals surface area contributed by atoms with E-state index >= 15 is 0 Å². The number of nitrogens with one attached hydrogen (secondary N) is 1. The molecule has 6 rings (SSSR count). The number of nitrogens with zero attached hydrogens (tertiary/aromatic N) is 4. The number of methoxy groups -OCH3 is 1. The number of fused-ring (bicyclic) bond motifs is 1. The maximum absolute atomic E-state index is 14.3. The Kier molecular flexibility index (Phi) is 16.8. The molecule has 3 heterocycles. The van der Waals surface area contributed by atoms with Gasteiger partial charge in [0.05, 0.1) is 37.3 Å². The summed E-state index contributed by atoms with van der Waals surface area (Å²) >= 11 is 0. The summed E-state index contributed by atoms with van der Waals surface area (Å²) in [6.07, 6.45) is 4.42. The van der Waals surface area contributed by atoms with E-state index in [9.17, 15) is 36.4 Å². The molecule has 0 bridgehead atoms. The number of carbonyl (C=O) groups excluding carboxylic acids is 2. The first-order valence-corrected chi connectivity index (χ1v) is 24.7. The third-order valence-corrected chi connectivity index (χ3v) is 13.3. The molecule has 1 aliphatic heterocycles. The van der Waals surface area contributed by atoms with Gasteiger partial charge >= 0.3 is 6.09 Å². The first kappa shape index (κ1) is 53.0. The second kappa shape index (κ2) is 22.2. The van der Waals surface area contributed by atoms with Crippen LogP contribution in [-0.2, 0) is 39.0 Å². The molecule has 1 aliphatic rings. The lowest BCUT2D eigenvalue weighted by molar-refractivity contribution is -0.0807. The Hall–Kier alpha value is -6.31. The number of benzene rings is 3. The zero-order valence-corrected chi connectivity index (χ0v) is 41.9. The molecule has 378 valence electrons. The second-order valence-corrected chi connectivity index (χ2v) is 20.9. The van der Waals surface area contributed by atoms with Crippen molar-refractivity contribution in [3.8, 4) is 17.2 Å². The molecule has 0 spiro atoms. The molecule has 0 aliphatic carbocycles. The van der Waals surface area contributed by atoms with E-state index in [0.717, 1.165) is 18.1 Å². The van der Waals surface area contributed by atoms with Crippen molar-refractivity contribution in [1.82, 2.24) is 23.5 Å². The van der Waals surface area contributed by atoms with Gasteiger partial charge in [0.15, 0.2) is 11.3 Å². The van der Waals surface area contributed by atoms with Crippen LogP contribution in [-0.4, -0.2) is 95.5 Å². The Labute approximate surface area is 407 Å². The molecular formula is C51H63F2N5O11S. The van der Waals surface area contributed by atoms with Gasteiger partial charge in [0.25, 0.3) is 11.5 Å². The number of carbonyl (C=O) groups is 2. The fraction of sp³-hybridized carbons (Fsp3) is 0.451. The highest BCUT2D eigenvalue weighted by Crippen LogP contribution is 2.37. The Morgan fingerprint density at radius 2 is 1.63 bits per heavy atom. The standard InChI is InChI=1S/C51H63F2N5O11S/c1-10-11-25-67-46-44-48(61)55(22-23-56(44)31-40(45(46)59)47(60)54-29-35-14-15-36(52)28-41(35)53)24-26-66-38-16-12-34(13-17-38)27-42-43(68-51(7,8)58(42)49(62)69-50(4,5)6)32-57(30-33(2)3)70(63,64)39-20-18-37(65-9)19-21-39/h12-23,28,31,33,42-43H,10-11,24-27,29-30,32H2,1-9H3,(H,54,60)/t42-,43+/m0/s1. The van der Waals surface area contributed by atoms with Crippen molar-refractivity contribution in [3.63, 3.8) is 0 Å². The molecule has 3 aromatic carbocycles. The highest BCUT2D eigenvalue weighted by atomic mass is 32.2. The Bertz CT molecular complexity index is 2880. The summed E-state index contributed by atoms with van der Waals surface area (Å²) in [5, 5.41) is 2.49. The van der Waals surface area contributed by atoms with Gasteiger partial charge < -0.3 is 38.0 Å². The number of aromatic nitrogens is 2. The highest BCUT2D eigenvalue weighted by molar-refractivity contribution is 7.89. The summed E-state index contributed by atoms with van der Waals surface area (Å²) in [7, 11) is -2.51. The number of hydrogen-bond donors (Lipinski definition) is 1. The number of pyridine rings is 1. The monoisotopic (exact) mass is 991 g/mol. The fourth-order valence-corrected chi connectivity index (χ4v) is 9.75. The van der Waals surface area contributed by atoms with Gasteiger partial charge in [-0.1, -0.05) is 45.4 Å². The minimum Gasteiger partial charge on any atom is -0.497 e. The molecule has 0 saturated carbocycles. The molecular weight excluding hydrogens is 929 g/mol. The number of ether oxygens (including phenoxy) is 5. The third-order valence-electron chi connectivity index (χ3n) is 11.5. The molecule has 2 atom stereocenters. The van der Waals surface area contributed by atoms with Crippen LogP contribution in [0.5, 0.6) is 17.2 Å². The molecule has 16 nitrogen and oxygen atoms in total. The topological polar surface area (TPSA) is 176 Å². The lowest BCUT2D eigenvalue weighted by atomic mass is 9.99. The van der Waals surface area contributed by atoms with E-state index in [2.05, 4.69) is 5.32 Å². The predicted octanol–water partition coefficient (Wildman–Crippen LogP) is 7.57. The van der Waals surface area contributed by atoms with Crippen LogP contribution < -0.4 is 30.5 Å². The van der Waals surface area contributed by atoms with Crippen LogP contribution in [0.2, 0.25) is 0 Å². The zero-order valence-electron chi connectivity index (χ0n) is 41.1. The Morgan fingerprint density at radius 3 is 2.26 bits per heavy atom. The van der Waals surface area contributed by atoms with Crippen LogP contribution in [0.15, 0.2) is 99.8 Å². The SMILES string of the molecule is CCCCOc1c(=O)c(C(=O)NCc2ccc(F)cc2F)cn2ccn(CCOc3ccc(C[C@H]4[C@@H](CN(CC(C)C)S(=O)(=O)c5ccc(OC)cc5)OC(C)(C)N4C(=O)OC(C)(C)C)cc3)c(=O)c12. The molecule has 70 heavy (non-hydrogen) atoms.